The van der Waals surface area contributed by atoms with Gasteiger partial charge in [-0.15, -0.1) is 0 Å². The molecule has 0 radical (unpaired) electrons. The van der Waals surface area contributed by atoms with Crippen molar-refractivity contribution in [2.45, 2.75) is 54.3 Å². The predicted octanol–water partition coefficient (Wildman–Crippen LogP) is 8.01. The molecule has 3 aliphatic heterocycles. The van der Waals surface area contributed by atoms with Crippen molar-refractivity contribution in [3.8, 4) is 11.5 Å². The Balaban J connectivity index is 0.924. The zero-order chi connectivity index (χ0) is 54.5. The molecule has 1 aliphatic carbocycles. The lowest BCUT2D eigenvalue weighted by Crippen LogP contribution is -2.47. The Kier molecular flexibility index (Phi) is 17.1. The Morgan fingerprint density at radius 1 is 0.883 bits per heavy atom. The van der Waals surface area contributed by atoms with Crippen molar-refractivity contribution < 1.29 is 54.2 Å². The molecular formula is C53H63ClF3N9O9S2. The number of aromatic amines is 1. The minimum Gasteiger partial charge on any atom is -0.465 e. The summed E-state index contributed by atoms with van der Waals surface area (Å²) in [7, 11) is -11.1. The molecule has 0 bridgehead atoms. The number of pyridine rings is 1. The van der Waals surface area contributed by atoms with E-state index in [-0.39, 0.29) is 29.0 Å². The van der Waals surface area contributed by atoms with Crippen molar-refractivity contribution in [3.63, 3.8) is 0 Å². The number of alkyl halides is 3. The fourth-order valence-corrected chi connectivity index (χ4v) is 12.9. The summed E-state index contributed by atoms with van der Waals surface area (Å²) in [5.74, 6) is -0.987. The smallest absolute Gasteiger partial charge is 0.465 e. The van der Waals surface area contributed by atoms with Crippen LogP contribution in [0, 0.1) is 5.41 Å². The highest BCUT2D eigenvalue weighted by molar-refractivity contribution is 7.92. The van der Waals surface area contributed by atoms with Gasteiger partial charge in [-0.1, -0.05) is 36.2 Å². The summed E-state index contributed by atoms with van der Waals surface area (Å²) in [6, 6.07) is 18.4. The number of halogens is 4. The summed E-state index contributed by atoms with van der Waals surface area (Å²) < 4.78 is 109. The van der Waals surface area contributed by atoms with Crippen LogP contribution in [-0.2, 0) is 24.6 Å². The second kappa shape index (κ2) is 23.6. The van der Waals surface area contributed by atoms with Gasteiger partial charge < -0.3 is 39.6 Å². The summed E-state index contributed by atoms with van der Waals surface area (Å²) in [4.78, 5) is 41.6. The van der Waals surface area contributed by atoms with Gasteiger partial charge in [0.2, 0.25) is 0 Å². The maximum atomic E-state index is 14.1. The van der Waals surface area contributed by atoms with Gasteiger partial charge in [0.1, 0.15) is 22.0 Å². The van der Waals surface area contributed by atoms with Crippen molar-refractivity contribution in [1.82, 2.24) is 34.3 Å². The van der Waals surface area contributed by atoms with E-state index in [0.717, 1.165) is 63.0 Å². The molecule has 0 spiro atoms. The first-order valence-electron chi connectivity index (χ1n) is 25.7. The molecule has 3 fully saturated rings. The van der Waals surface area contributed by atoms with Gasteiger partial charge in [-0.25, -0.2) is 31.3 Å². The number of hydrogen-bond donors (Lipinski definition) is 4. The zero-order valence-electron chi connectivity index (χ0n) is 42.7. The molecule has 77 heavy (non-hydrogen) atoms. The molecule has 24 heteroatoms. The van der Waals surface area contributed by atoms with Gasteiger partial charge in [-0.05, 0) is 116 Å². The number of aromatic nitrogens is 2. The van der Waals surface area contributed by atoms with Crippen LogP contribution in [0.4, 0.5) is 29.3 Å². The number of morpholine rings is 1. The summed E-state index contributed by atoms with van der Waals surface area (Å²) in [5.41, 5.74) is -1.40. The summed E-state index contributed by atoms with van der Waals surface area (Å²) in [6.45, 7) is 12.1. The summed E-state index contributed by atoms with van der Waals surface area (Å²) >= 11 is 6.33. The molecule has 5 aromatic rings. The number of amides is 2. The van der Waals surface area contributed by atoms with Gasteiger partial charge in [0.05, 0.1) is 35.6 Å². The van der Waals surface area contributed by atoms with Crippen molar-refractivity contribution >= 4 is 71.4 Å². The minimum absolute atomic E-state index is 0.0293. The zero-order valence-corrected chi connectivity index (χ0v) is 45.0. The number of H-pyrrole nitrogens is 1. The molecule has 3 saturated heterocycles. The average molecular weight is 1130 g/mol. The third-order valence-corrected chi connectivity index (χ3v) is 17.9. The number of fused-ring (bicyclic) bond motifs is 1. The van der Waals surface area contributed by atoms with E-state index in [9.17, 15) is 44.7 Å². The standard InChI is InChI=1S/C53H63ClF3N9O9S2/c1-52(36-64-18-3-19-66(25-22-64)51(68)69)14-12-44(37-4-6-40(54)7-5-37)39(33-52)35-63-20-23-65(24-21-63)41-8-10-45(47(31-41)75-42-30-38-13-16-59-49(38)60-34-42)50(67)61-77(72,73)43-9-11-46(48(32-43)76(70,71)53(55,56)57)58-15-2-17-62-26-28-74-29-27-62/h4-11,13,16,30-32,34,58H,2-3,12,14-15,17-29,33,35-36H2,1H3,(H,59,60)(H,61,67)(H,68,69)/t52-/m1/s1. The molecule has 2 aromatic heterocycles. The SMILES string of the molecule is C[C@@]1(CN2CCCN(C(=O)O)CC2)CCC(c2ccc(Cl)cc2)=C(CN2CCN(c3ccc(C(=O)NS(=O)(=O)c4ccc(NCCCN5CCOCC5)c(S(=O)(=O)C(F)(F)F)c4)c(Oc4cnc5[nH]ccc5c4)c3)CC2)C1. The number of rotatable bonds is 17. The number of nitrogens with one attached hydrogen (secondary N) is 3. The molecule has 414 valence electrons. The Morgan fingerprint density at radius 2 is 1.64 bits per heavy atom. The summed E-state index contributed by atoms with van der Waals surface area (Å²) in [5, 5.41) is 13.7. The molecule has 0 unspecified atom stereocenters. The van der Waals surface area contributed by atoms with Crippen LogP contribution in [0.1, 0.15) is 54.9 Å². The van der Waals surface area contributed by atoms with E-state index in [0.29, 0.717) is 113 Å². The van der Waals surface area contributed by atoms with Gasteiger partial charge in [0.15, 0.2) is 0 Å². The molecule has 4 aliphatic rings. The molecule has 9 rings (SSSR count). The number of carbonyl (C=O) groups is 2. The van der Waals surface area contributed by atoms with Crippen molar-refractivity contribution in [3.05, 3.63) is 107 Å². The predicted molar refractivity (Wildman–Crippen MR) is 287 cm³/mol. The second-order valence-electron chi connectivity index (χ2n) is 20.4. The average Bonchev–Trinajstić information content (AvgIpc) is 3.76. The van der Waals surface area contributed by atoms with Crippen LogP contribution < -0.4 is 19.7 Å². The van der Waals surface area contributed by atoms with Gasteiger partial charge in [-0.3, -0.25) is 14.6 Å². The van der Waals surface area contributed by atoms with Crippen LogP contribution in [-0.4, -0.2) is 174 Å². The highest BCUT2D eigenvalue weighted by Gasteiger charge is 2.48. The molecule has 5 heterocycles. The van der Waals surface area contributed by atoms with E-state index in [4.69, 9.17) is 21.1 Å². The Hall–Kier alpha value is -5.95. The number of sulfonamides is 1. The lowest BCUT2D eigenvalue weighted by molar-refractivity contribution is -0.0436. The summed E-state index contributed by atoms with van der Waals surface area (Å²) in [6.07, 6.45) is 6.23. The molecule has 18 nitrogen and oxygen atoms in total. The van der Waals surface area contributed by atoms with E-state index < -0.39 is 52.8 Å². The molecule has 0 saturated carbocycles. The topological polar surface area (TPSA) is 210 Å². The van der Waals surface area contributed by atoms with Crippen LogP contribution in [0.2, 0.25) is 5.02 Å². The van der Waals surface area contributed by atoms with E-state index in [1.807, 2.05) is 16.9 Å². The molecule has 4 N–H and O–H groups in total. The number of carboxylic acid groups (broad SMARTS) is 1. The fraction of sp³-hybridized carbons (Fsp3) is 0.453. The number of benzene rings is 3. The van der Waals surface area contributed by atoms with E-state index in [2.05, 4.69) is 53.9 Å². The number of anilines is 2. The number of nitrogens with zero attached hydrogens (tertiary/aromatic N) is 6. The normalized spacial score (nSPS) is 19.8. The number of sulfone groups is 1. The van der Waals surface area contributed by atoms with Gasteiger partial charge in [-0.2, -0.15) is 13.2 Å². The largest absolute Gasteiger partial charge is 0.501 e. The first-order valence-corrected chi connectivity index (χ1v) is 29.0. The Bertz CT molecular complexity index is 3210. The number of hydrogen-bond acceptors (Lipinski definition) is 14. The van der Waals surface area contributed by atoms with Crippen LogP contribution in [0.5, 0.6) is 11.5 Å². The van der Waals surface area contributed by atoms with Crippen LogP contribution in [0.15, 0.2) is 101 Å². The third-order valence-electron chi connectivity index (χ3n) is 14.8. The second-order valence-corrected chi connectivity index (χ2v) is 24.4. The number of carbonyl (C=O) groups excluding carboxylic acids is 1. The van der Waals surface area contributed by atoms with Crippen molar-refractivity contribution in [1.29, 1.82) is 0 Å². The lowest BCUT2D eigenvalue weighted by Gasteiger charge is -2.42. The van der Waals surface area contributed by atoms with Crippen LogP contribution >= 0.6 is 11.6 Å². The van der Waals surface area contributed by atoms with Gasteiger partial charge in [0.25, 0.3) is 25.8 Å². The minimum atomic E-state index is -6.06. The highest BCUT2D eigenvalue weighted by atomic mass is 35.5. The maximum absolute atomic E-state index is 14.1. The first-order chi connectivity index (χ1) is 36.7. The van der Waals surface area contributed by atoms with E-state index in [1.165, 1.54) is 28.3 Å². The first kappa shape index (κ1) is 55.8. The van der Waals surface area contributed by atoms with E-state index >= 15 is 0 Å². The van der Waals surface area contributed by atoms with E-state index in [1.54, 1.807) is 30.5 Å². The monoisotopic (exact) mass is 1130 g/mol. The van der Waals surface area contributed by atoms with Gasteiger partial charge >= 0.3 is 11.6 Å². The number of piperazine rings is 1. The Labute approximate surface area is 451 Å². The molecule has 1 atom stereocenters. The number of allylic oxidation sites excluding steroid dienone is 1. The third kappa shape index (κ3) is 13.5. The van der Waals surface area contributed by atoms with Gasteiger partial charge in [0, 0.05) is 107 Å². The highest BCUT2D eigenvalue weighted by Crippen LogP contribution is 2.44. The fourth-order valence-electron chi connectivity index (χ4n) is 10.7. The Morgan fingerprint density at radius 3 is 2.38 bits per heavy atom. The quantitative estimate of drug-likeness (QED) is 0.0650. The van der Waals surface area contributed by atoms with Crippen LogP contribution in [0.25, 0.3) is 16.6 Å². The van der Waals surface area contributed by atoms with Crippen LogP contribution in [0.3, 0.4) is 0 Å². The molecule has 3 aromatic carbocycles. The lowest BCUT2D eigenvalue weighted by atomic mass is 9.71. The molecular weight excluding hydrogens is 1060 g/mol. The van der Waals surface area contributed by atoms with Crippen molar-refractivity contribution in [2.75, 3.05) is 115 Å². The number of ether oxygens (including phenoxy) is 2. The van der Waals surface area contributed by atoms with Crippen molar-refractivity contribution in [2.24, 2.45) is 5.41 Å². The molecule has 2 amide bonds. The maximum Gasteiger partial charge on any atom is 0.501 e.